The fraction of sp³-hybridized carbons (Fsp3) is 0.364. The Bertz CT molecular complexity index is 371. The maximum atomic E-state index is 11.1. The van der Waals surface area contributed by atoms with E-state index in [-0.39, 0.29) is 11.4 Å². The zero-order valence-corrected chi connectivity index (χ0v) is 9.75. The predicted octanol–water partition coefficient (Wildman–Crippen LogP) is 1.55. The summed E-state index contributed by atoms with van der Waals surface area (Å²) < 4.78 is 1.02. The molecule has 0 radical (unpaired) electrons. The summed E-state index contributed by atoms with van der Waals surface area (Å²) in [5.74, 6) is -0.310. The Labute approximate surface area is 96.6 Å². The maximum absolute atomic E-state index is 11.1. The lowest BCUT2D eigenvalue weighted by atomic mass is 10.1. The van der Waals surface area contributed by atoms with Crippen LogP contribution in [-0.2, 0) is 10.3 Å². The standard InChI is InChI=1S/C11H12BrNO2/c12-9-3-1-8(2-4-9)11(5-6-11)13-10(15)7-14/h1-4,14H,5-7H2,(H,13,15). The van der Waals surface area contributed by atoms with Gasteiger partial charge in [0.15, 0.2) is 0 Å². The van der Waals surface area contributed by atoms with E-state index in [2.05, 4.69) is 21.2 Å². The third-order valence-electron chi connectivity index (χ3n) is 2.67. The van der Waals surface area contributed by atoms with Gasteiger partial charge in [0.1, 0.15) is 6.61 Å². The highest BCUT2D eigenvalue weighted by atomic mass is 79.9. The maximum Gasteiger partial charge on any atom is 0.246 e. The van der Waals surface area contributed by atoms with Crippen LogP contribution in [0, 0.1) is 0 Å². The van der Waals surface area contributed by atoms with E-state index in [1.54, 1.807) is 0 Å². The summed E-state index contributed by atoms with van der Waals surface area (Å²) in [7, 11) is 0. The van der Waals surface area contributed by atoms with Crippen molar-refractivity contribution in [3.05, 3.63) is 34.3 Å². The van der Waals surface area contributed by atoms with Gasteiger partial charge >= 0.3 is 0 Å². The van der Waals surface area contributed by atoms with Gasteiger partial charge in [-0.05, 0) is 30.5 Å². The molecule has 1 aromatic carbocycles. The number of hydrogen-bond acceptors (Lipinski definition) is 2. The summed E-state index contributed by atoms with van der Waals surface area (Å²) in [5.41, 5.74) is 0.882. The Morgan fingerprint density at radius 3 is 2.47 bits per heavy atom. The monoisotopic (exact) mass is 269 g/mol. The fourth-order valence-corrected chi connectivity index (χ4v) is 1.95. The number of carbonyl (C=O) groups is 1. The van der Waals surface area contributed by atoms with Crippen LogP contribution in [0.5, 0.6) is 0 Å². The van der Waals surface area contributed by atoms with Crippen molar-refractivity contribution in [3.8, 4) is 0 Å². The van der Waals surface area contributed by atoms with E-state index in [0.29, 0.717) is 0 Å². The molecule has 2 rings (SSSR count). The Hall–Kier alpha value is -0.870. The van der Waals surface area contributed by atoms with Crippen molar-refractivity contribution < 1.29 is 9.90 Å². The third kappa shape index (κ3) is 2.21. The topological polar surface area (TPSA) is 49.3 Å². The minimum Gasteiger partial charge on any atom is -0.387 e. The van der Waals surface area contributed by atoms with Crippen LogP contribution in [0.15, 0.2) is 28.7 Å². The number of nitrogens with one attached hydrogen (secondary N) is 1. The fourth-order valence-electron chi connectivity index (χ4n) is 1.69. The number of benzene rings is 1. The van der Waals surface area contributed by atoms with Crippen molar-refractivity contribution >= 4 is 21.8 Å². The number of carbonyl (C=O) groups excluding carboxylic acids is 1. The van der Waals surface area contributed by atoms with Crippen molar-refractivity contribution in [2.45, 2.75) is 18.4 Å². The van der Waals surface area contributed by atoms with Gasteiger partial charge in [-0.15, -0.1) is 0 Å². The first-order valence-electron chi connectivity index (χ1n) is 4.84. The SMILES string of the molecule is O=C(CO)NC1(c2ccc(Br)cc2)CC1. The van der Waals surface area contributed by atoms with Gasteiger partial charge in [0.2, 0.25) is 5.91 Å². The van der Waals surface area contributed by atoms with E-state index in [9.17, 15) is 4.79 Å². The van der Waals surface area contributed by atoms with Gasteiger partial charge < -0.3 is 10.4 Å². The predicted molar refractivity (Wildman–Crippen MR) is 60.3 cm³/mol. The molecule has 0 aliphatic heterocycles. The summed E-state index contributed by atoms with van der Waals surface area (Å²) in [6.07, 6.45) is 1.89. The molecule has 0 heterocycles. The van der Waals surface area contributed by atoms with Crippen LogP contribution in [0.1, 0.15) is 18.4 Å². The molecule has 1 aromatic rings. The molecule has 1 saturated carbocycles. The Balaban J connectivity index is 2.16. The smallest absolute Gasteiger partial charge is 0.246 e. The van der Waals surface area contributed by atoms with Gasteiger partial charge in [0.05, 0.1) is 5.54 Å². The molecule has 1 aliphatic carbocycles. The quantitative estimate of drug-likeness (QED) is 0.875. The number of aliphatic hydroxyl groups excluding tert-OH is 1. The highest BCUT2D eigenvalue weighted by Crippen LogP contribution is 2.45. The van der Waals surface area contributed by atoms with Crippen LogP contribution in [0.2, 0.25) is 0 Å². The molecule has 1 amide bonds. The number of hydrogen-bond donors (Lipinski definition) is 2. The molecule has 15 heavy (non-hydrogen) atoms. The molecule has 0 spiro atoms. The van der Waals surface area contributed by atoms with E-state index < -0.39 is 6.61 Å². The lowest BCUT2D eigenvalue weighted by Gasteiger charge is -2.17. The minimum atomic E-state index is -0.446. The average molecular weight is 270 g/mol. The second kappa shape index (κ2) is 3.94. The minimum absolute atomic E-state index is 0.222. The first kappa shape index (κ1) is 10.6. The van der Waals surface area contributed by atoms with Gasteiger partial charge in [-0.25, -0.2) is 0 Å². The molecule has 1 fully saturated rings. The van der Waals surface area contributed by atoms with E-state index in [4.69, 9.17) is 5.11 Å². The summed E-state index contributed by atoms with van der Waals surface area (Å²) in [6.45, 7) is -0.446. The second-order valence-corrected chi connectivity index (χ2v) is 4.71. The van der Waals surface area contributed by atoms with Crippen LogP contribution in [0.25, 0.3) is 0 Å². The van der Waals surface area contributed by atoms with Crippen molar-refractivity contribution in [2.24, 2.45) is 0 Å². The number of halogens is 1. The molecule has 2 N–H and O–H groups in total. The Morgan fingerprint density at radius 2 is 2.00 bits per heavy atom. The lowest BCUT2D eigenvalue weighted by molar-refractivity contribution is -0.124. The molecule has 3 nitrogen and oxygen atoms in total. The third-order valence-corrected chi connectivity index (χ3v) is 3.20. The first-order valence-corrected chi connectivity index (χ1v) is 5.63. The first-order chi connectivity index (χ1) is 7.16. The van der Waals surface area contributed by atoms with Crippen LogP contribution in [0.3, 0.4) is 0 Å². The van der Waals surface area contributed by atoms with Gasteiger partial charge in [0.25, 0.3) is 0 Å². The van der Waals surface area contributed by atoms with Crippen LogP contribution >= 0.6 is 15.9 Å². The number of amides is 1. The molecular formula is C11H12BrNO2. The molecule has 80 valence electrons. The Kier molecular flexibility index (Phi) is 2.80. The van der Waals surface area contributed by atoms with Crippen molar-refractivity contribution in [3.63, 3.8) is 0 Å². The van der Waals surface area contributed by atoms with Gasteiger partial charge in [-0.1, -0.05) is 28.1 Å². The van der Waals surface area contributed by atoms with E-state index in [0.717, 1.165) is 22.9 Å². The van der Waals surface area contributed by atoms with Gasteiger partial charge in [0, 0.05) is 4.47 Å². The van der Waals surface area contributed by atoms with Crippen LogP contribution in [-0.4, -0.2) is 17.6 Å². The highest BCUT2D eigenvalue weighted by molar-refractivity contribution is 9.10. The molecule has 0 aromatic heterocycles. The second-order valence-electron chi connectivity index (χ2n) is 3.80. The molecule has 0 bridgehead atoms. The zero-order valence-electron chi connectivity index (χ0n) is 8.16. The molecular weight excluding hydrogens is 258 g/mol. The van der Waals surface area contributed by atoms with Crippen LogP contribution < -0.4 is 5.32 Å². The van der Waals surface area contributed by atoms with Gasteiger partial charge in [-0.2, -0.15) is 0 Å². The Morgan fingerprint density at radius 1 is 1.40 bits per heavy atom. The van der Waals surface area contributed by atoms with Gasteiger partial charge in [-0.3, -0.25) is 4.79 Å². The summed E-state index contributed by atoms with van der Waals surface area (Å²) in [5, 5.41) is 11.5. The van der Waals surface area contributed by atoms with Crippen molar-refractivity contribution in [2.75, 3.05) is 6.61 Å². The molecule has 4 heteroatoms. The van der Waals surface area contributed by atoms with Crippen LogP contribution in [0.4, 0.5) is 0 Å². The molecule has 0 unspecified atom stereocenters. The summed E-state index contributed by atoms with van der Waals surface area (Å²) in [4.78, 5) is 11.1. The van der Waals surface area contributed by atoms with E-state index >= 15 is 0 Å². The normalized spacial score (nSPS) is 17.2. The van der Waals surface area contributed by atoms with Crippen molar-refractivity contribution in [1.82, 2.24) is 5.32 Å². The average Bonchev–Trinajstić information content (AvgIpc) is 3.00. The number of rotatable bonds is 3. The number of aliphatic hydroxyl groups is 1. The zero-order chi connectivity index (χ0) is 10.9. The lowest BCUT2D eigenvalue weighted by Crippen LogP contribution is -2.36. The van der Waals surface area contributed by atoms with E-state index in [1.165, 1.54) is 0 Å². The molecule has 0 saturated heterocycles. The highest BCUT2D eigenvalue weighted by Gasteiger charge is 2.45. The molecule has 1 aliphatic rings. The van der Waals surface area contributed by atoms with E-state index in [1.807, 2.05) is 24.3 Å². The van der Waals surface area contributed by atoms with Crippen molar-refractivity contribution in [1.29, 1.82) is 0 Å². The summed E-state index contributed by atoms with van der Waals surface area (Å²) >= 11 is 3.37. The largest absolute Gasteiger partial charge is 0.387 e. The molecule has 0 atom stereocenters. The summed E-state index contributed by atoms with van der Waals surface area (Å²) in [6, 6.07) is 7.91.